The van der Waals surface area contributed by atoms with Crippen LogP contribution in [0.3, 0.4) is 0 Å². The second kappa shape index (κ2) is 10.1. The van der Waals surface area contributed by atoms with E-state index in [4.69, 9.17) is 9.26 Å². The van der Waals surface area contributed by atoms with Crippen molar-refractivity contribution in [3.8, 4) is 5.88 Å². The normalized spacial score (nSPS) is 20.3. The van der Waals surface area contributed by atoms with Crippen molar-refractivity contribution in [1.29, 1.82) is 0 Å². The van der Waals surface area contributed by atoms with Crippen molar-refractivity contribution in [3.63, 3.8) is 0 Å². The molecular formula is C28H32N6O2. The molecule has 0 unspecified atom stereocenters. The van der Waals surface area contributed by atoms with Crippen LogP contribution < -0.4 is 15.0 Å². The number of para-hydroxylation sites is 1. The van der Waals surface area contributed by atoms with Gasteiger partial charge in [0.1, 0.15) is 0 Å². The van der Waals surface area contributed by atoms with E-state index in [1.54, 1.807) is 6.20 Å². The number of pyridine rings is 2. The number of anilines is 2. The van der Waals surface area contributed by atoms with E-state index >= 15 is 0 Å². The molecule has 0 bridgehead atoms. The van der Waals surface area contributed by atoms with E-state index in [0.717, 1.165) is 66.3 Å². The highest BCUT2D eigenvalue weighted by molar-refractivity contribution is 5.88. The predicted molar refractivity (Wildman–Crippen MR) is 140 cm³/mol. The van der Waals surface area contributed by atoms with Gasteiger partial charge in [-0.05, 0) is 49.1 Å². The van der Waals surface area contributed by atoms with Gasteiger partial charge in [-0.1, -0.05) is 23.4 Å². The third kappa shape index (κ3) is 4.86. The van der Waals surface area contributed by atoms with Gasteiger partial charge in [0.2, 0.25) is 5.88 Å². The Balaban J connectivity index is 0.980. The molecule has 0 aliphatic carbocycles. The summed E-state index contributed by atoms with van der Waals surface area (Å²) in [6, 6.07) is 14.7. The lowest BCUT2D eigenvalue weighted by molar-refractivity contribution is 0.0717. The fourth-order valence-corrected chi connectivity index (χ4v) is 5.36. The van der Waals surface area contributed by atoms with E-state index in [9.17, 15) is 0 Å². The number of nitrogens with zero attached hydrogens (tertiary/aromatic N) is 5. The number of rotatable bonds is 7. The fraction of sp³-hybridized carbons (Fsp3) is 0.393. The van der Waals surface area contributed by atoms with Gasteiger partial charge in [0, 0.05) is 75.0 Å². The smallest absolute Gasteiger partial charge is 0.213 e. The molecule has 2 fully saturated rings. The van der Waals surface area contributed by atoms with Gasteiger partial charge in [-0.3, -0.25) is 9.88 Å². The summed E-state index contributed by atoms with van der Waals surface area (Å²) in [6.45, 7) is 7.57. The molecule has 0 radical (unpaired) electrons. The lowest BCUT2D eigenvalue weighted by atomic mass is 9.91. The molecule has 2 aliphatic rings. The first-order valence-electron chi connectivity index (χ1n) is 12.8. The van der Waals surface area contributed by atoms with E-state index in [0.29, 0.717) is 24.4 Å². The molecule has 0 spiro atoms. The highest BCUT2D eigenvalue weighted by atomic mass is 16.5. The van der Waals surface area contributed by atoms with Gasteiger partial charge >= 0.3 is 0 Å². The second-order valence-corrected chi connectivity index (χ2v) is 9.90. The first kappa shape index (κ1) is 22.8. The maximum Gasteiger partial charge on any atom is 0.213 e. The third-order valence-electron chi connectivity index (χ3n) is 7.43. The van der Waals surface area contributed by atoms with Gasteiger partial charge in [0.15, 0.2) is 11.4 Å². The summed E-state index contributed by atoms with van der Waals surface area (Å²) in [7, 11) is 0. The lowest BCUT2D eigenvalue weighted by Gasteiger charge is -2.46. The van der Waals surface area contributed by atoms with E-state index in [2.05, 4.69) is 49.3 Å². The average molecular weight is 485 g/mol. The number of piperazine rings is 1. The molecule has 3 aromatic heterocycles. The molecular weight excluding hydrogens is 452 g/mol. The number of hydrogen-bond donors (Lipinski definition) is 1. The summed E-state index contributed by atoms with van der Waals surface area (Å²) in [5.74, 6) is 2.21. The molecule has 0 amide bonds. The number of piperidine rings is 1. The molecule has 8 nitrogen and oxygen atoms in total. The Bertz CT molecular complexity index is 1310. The van der Waals surface area contributed by atoms with Gasteiger partial charge in [-0.2, -0.15) is 0 Å². The average Bonchev–Trinajstić information content (AvgIpc) is 3.36. The van der Waals surface area contributed by atoms with Crippen molar-refractivity contribution in [3.05, 3.63) is 72.2 Å². The number of hydrogen-bond acceptors (Lipinski definition) is 8. The van der Waals surface area contributed by atoms with Crippen LogP contribution in [0.25, 0.3) is 11.0 Å². The molecule has 1 aromatic carbocycles. The largest absolute Gasteiger partial charge is 0.477 e. The van der Waals surface area contributed by atoms with Crippen molar-refractivity contribution in [2.24, 2.45) is 5.92 Å². The molecule has 0 saturated carbocycles. The first-order valence-corrected chi connectivity index (χ1v) is 12.8. The highest BCUT2D eigenvalue weighted by Gasteiger charge is 2.34. The van der Waals surface area contributed by atoms with Crippen LogP contribution in [0.4, 0.5) is 11.5 Å². The van der Waals surface area contributed by atoms with Gasteiger partial charge in [-0.25, -0.2) is 4.98 Å². The maximum atomic E-state index is 6.09. The fourth-order valence-electron chi connectivity index (χ4n) is 5.36. The van der Waals surface area contributed by atoms with Crippen LogP contribution >= 0.6 is 0 Å². The minimum Gasteiger partial charge on any atom is -0.477 e. The number of aromatic nitrogens is 3. The SMILES string of the molecule is Cc1cnccc1NCc1ccc(OC[C@@H]2CC[C@@H]3CN(c4noc5ccccc45)CCN3C2)nc1. The molecule has 2 saturated heterocycles. The Morgan fingerprint density at radius 3 is 2.89 bits per heavy atom. The Kier molecular flexibility index (Phi) is 6.42. The molecule has 8 heteroatoms. The minimum atomic E-state index is 0.526. The summed E-state index contributed by atoms with van der Waals surface area (Å²) in [5.41, 5.74) is 4.21. The predicted octanol–water partition coefficient (Wildman–Crippen LogP) is 4.52. The van der Waals surface area contributed by atoms with E-state index in [1.165, 1.54) is 12.8 Å². The van der Waals surface area contributed by atoms with E-state index in [1.807, 2.05) is 42.7 Å². The van der Waals surface area contributed by atoms with Crippen LogP contribution in [0.2, 0.25) is 0 Å². The minimum absolute atomic E-state index is 0.526. The van der Waals surface area contributed by atoms with Crippen LogP contribution in [0.1, 0.15) is 24.0 Å². The Morgan fingerprint density at radius 2 is 2.00 bits per heavy atom. The standard InChI is InChI=1S/C28H32N6O2/c1-20-14-29-11-10-25(20)30-15-21-7-9-27(31-16-21)35-19-22-6-8-23-18-34(13-12-33(23)17-22)28-24-4-2-3-5-26(24)36-32-28/h2-5,7,9-11,14,16,22-23H,6,8,12-13,15,17-19H2,1H3,(H,29,30)/t22-,23-/m1/s1. The summed E-state index contributed by atoms with van der Waals surface area (Å²) >= 11 is 0. The molecule has 4 aromatic rings. The number of benzene rings is 1. The topological polar surface area (TPSA) is 79.6 Å². The van der Waals surface area contributed by atoms with Crippen molar-refractivity contribution < 1.29 is 9.26 Å². The van der Waals surface area contributed by atoms with Crippen LogP contribution in [-0.4, -0.2) is 58.9 Å². The third-order valence-corrected chi connectivity index (χ3v) is 7.43. The summed E-state index contributed by atoms with van der Waals surface area (Å²) in [5, 5.41) is 8.92. The van der Waals surface area contributed by atoms with Crippen LogP contribution in [0, 0.1) is 12.8 Å². The quantitative estimate of drug-likeness (QED) is 0.410. The molecule has 2 aliphatic heterocycles. The van der Waals surface area contributed by atoms with Crippen LogP contribution in [0.5, 0.6) is 5.88 Å². The highest BCUT2D eigenvalue weighted by Crippen LogP contribution is 2.31. The van der Waals surface area contributed by atoms with Crippen molar-refractivity contribution in [2.75, 3.05) is 43.0 Å². The first-order chi connectivity index (χ1) is 17.7. The summed E-state index contributed by atoms with van der Waals surface area (Å²) < 4.78 is 11.6. The maximum absolute atomic E-state index is 6.09. The number of ether oxygens (including phenoxy) is 1. The second-order valence-electron chi connectivity index (χ2n) is 9.90. The number of nitrogens with one attached hydrogen (secondary N) is 1. The van der Waals surface area contributed by atoms with Crippen LogP contribution in [0.15, 0.2) is 65.6 Å². The lowest BCUT2D eigenvalue weighted by Crippen LogP contribution is -2.57. The Morgan fingerprint density at radius 1 is 1.06 bits per heavy atom. The zero-order valence-electron chi connectivity index (χ0n) is 20.6. The Hall–Kier alpha value is -3.65. The summed E-state index contributed by atoms with van der Waals surface area (Å²) in [6.07, 6.45) is 7.90. The molecule has 2 atom stereocenters. The van der Waals surface area contributed by atoms with Gasteiger partial charge < -0.3 is 19.5 Å². The van der Waals surface area contributed by atoms with E-state index in [-0.39, 0.29) is 0 Å². The van der Waals surface area contributed by atoms with Crippen molar-refractivity contribution >= 4 is 22.5 Å². The van der Waals surface area contributed by atoms with Gasteiger partial charge in [0.05, 0.1) is 12.0 Å². The van der Waals surface area contributed by atoms with Crippen molar-refractivity contribution in [2.45, 2.75) is 32.4 Å². The number of aryl methyl sites for hydroxylation is 1. The Labute approximate surface area is 211 Å². The molecule has 1 N–H and O–H groups in total. The van der Waals surface area contributed by atoms with Crippen molar-refractivity contribution in [1.82, 2.24) is 20.0 Å². The van der Waals surface area contributed by atoms with Gasteiger partial charge in [0.25, 0.3) is 0 Å². The number of fused-ring (bicyclic) bond motifs is 2. The zero-order valence-corrected chi connectivity index (χ0v) is 20.6. The molecule has 6 rings (SSSR count). The zero-order chi connectivity index (χ0) is 24.3. The molecule has 36 heavy (non-hydrogen) atoms. The molecule has 186 valence electrons. The monoisotopic (exact) mass is 484 g/mol. The van der Waals surface area contributed by atoms with E-state index < -0.39 is 0 Å². The summed E-state index contributed by atoms with van der Waals surface area (Å²) in [4.78, 5) is 13.7. The van der Waals surface area contributed by atoms with Crippen LogP contribution in [-0.2, 0) is 6.54 Å². The molecule has 5 heterocycles. The van der Waals surface area contributed by atoms with Gasteiger partial charge in [-0.15, -0.1) is 0 Å².